The predicted molar refractivity (Wildman–Crippen MR) is 83.8 cm³/mol. The lowest BCUT2D eigenvalue weighted by Crippen LogP contribution is -2.34. The monoisotopic (exact) mass is 336 g/mol. The maximum Gasteiger partial charge on any atom is 0.358 e. The second-order valence-electron chi connectivity index (χ2n) is 5.22. The van der Waals surface area contributed by atoms with Gasteiger partial charge >= 0.3 is 5.97 Å². The molecular weight excluding hydrogens is 324 g/mol. The van der Waals surface area contributed by atoms with Gasteiger partial charge in [-0.25, -0.2) is 4.79 Å². The number of hydrogen-bond acceptors (Lipinski definition) is 6. The van der Waals surface area contributed by atoms with E-state index in [0.717, 1.165) is 5.56 Å². The summed E-state index contributed by atoms with van der Waals surface area (Å²) >= 11 is 0. The summed E-state index contributed by atoms with van der Waals surface area (Å²) in [5.41, 5.74) is 1.68. The number of nitriles is 1. The molecule has 7 nitrogen and oxygen atoms in total. The molecule has 25 heavy (non-hydrogen) atoms. The van der Waals surface area contributed by atoms with Gasteiger partial charge in [-0.15, -0.1) is 0 Å². The summed E-state index contributed by atoms with van der Waals surface area (Å²) in [6.07, 6.45) is 0. The van der Waals surface area contributed by atoms with E-state index < -0.39 is 24.4 Å². The van der Waals surface area contributed by atoms with E-state index in [4.69, 9.17) is 14.8 Å². The van der Waals surface area contributed by atoms with E-state index in [9.17, 15) is 14.4 Å². The number of amides is 2. The Morgan fingerprint density at radius 3 is 2.16 bits per heavy atom. The van der Waals surface area contributed by atoms with Crippen LogP contribution in [-0.4, -0.2) is 29.5 Å². The molecule has 1 aliphatic rings. The molecule has 0 aliphatic carbocycles. The lowest BCUT2D eigenvalue weighted by Gasteiger charge is -2.12. The SMILES string of the molecule is N#Cc1ccc(COCC(=O)ON2C(=O)c3ccccc3C2=O)cc1. The van der Waals surface area contributed by atoms with Gasteiger partial charge in [-0.3, -0.25) is 9.59 Å². The van der Waals surface area contributed by atoms with Gasteiger partial charge in [0.15, 0.2) is 0 Å². The first-order valence-electron chi connectivity index (χ1n) is 7.35. The fourth-order valence-electron chi connectivity index (χ4n) is 2.31. The fourth-order valence-corrected chi connectivity index (χ4v) is 2.31. The summed E-state index contributed by atoms with van der Waals surface area (Å²) in [5, 5.41) is 9.16. The molecule has 0 fully saturated rings. The number of ether oxygens (including phenoxy) is 1. The Kier molecular flexibility index (Phi) is 4.55. The number of carbonyl (C=O) groups is 3. The molecule has 0 radical (unpaired) electrons. The number of imide groups is 1. The zero-order chi connectivity index (χ0) is 17.8. The number of nitrogens with zero attached hydrogens (tertiary/aromatic N) is 2. The molecule has 1 aliphatic heterocycles. The highest BCUT2D eigenvalue weighted by molar-refractivity contribution is 6.20. The number of benzene rings is 2. The molecule has 0 N–H and O–H groups in total. The van der Waals surface area contributed by atoms with Crippen LogP contribution in [0.5, 0.6) is 0 Å². The molecule has 0 atom stereocenters. The number of hydroxylamine groups is 2. The molecule has 7 heteroatoms. The number of rotatable bonds is 5. The normalized spacial score (nSPS) is 12.7. The van der Waals surface area contributed by atoms with Crippen LogP contribution in [-0.2, 0) is 21.0 Å². The van der Waals surface area contributed by atoms with Gasteiger partial charge in [-0.05, 0) is 29.8 Å². The molecule has 3 rings (SSSR count). The smallest absolute Gasteiger partial charge is 0.358 e. The van der Waals surface area contributed by atoms with Gasteiger partial charge in [0, 0.05) is 0 Å². The van der Waals surface area contributed by atoms with Crippen LogP contribution in [0.2, 0.25) is 0 Å². The molecule has 124 valence electrons. The minimum absolute atomic E-state index is 0.128. The van der Waals surface area contributed by atoms with Gasteiger partial charge in [-0.2, -0.15) is 5.26 Å². The van der Waals surface area contributed by atoms with Gasteiger partial charge < -0.3 is 9.57 Å². The van der Waals surface area contributed by atoms with Crippen LogP contribution in [0.3, 0.4) is 0 Å². The average molecular weight is 336 g/mol. The molecular formula is C18H12N2O5. The van der Waals surface area contributed by atoms with E-state index in [0.29, 0.717) is 10.6 Å². The molecule has 0 unspecified atom stereocenters. The van der Waals surface area contributed by atoms with Crippen molar-refractivity contribution in [3.05, 3.63) is 70.8 Å². The van der Waals surface area contributed by atoms with E-state index in [1.165, 1.54) is 12.1 Å². The van der Waals surface area contributed by atoms with Crippen LogP contribution in [0.15, 0.2) is 48.5 Å². The summed E-state index contributed by atoms with van der Waals surface area (Å²) < 4.78 is 5.21. The van der Waals surface area contributed by atoms with Crippen LogP contribution < -0.4 is 0 Å². The summed E-state index contributed by atoms with van der Waals surface area (Å²) in [6, 6.07) is 14.9. The summed E-state index contributed by atoms with van der Waals surface area (Å²) in [7, 11) is 0. The Morgan fingerprint density at radius 1 is 1.00 bits per heavy atom. The average Bonchev–Trinajstić information content (AvgIpc) is 2.88. The highest BCUT2D eigenvalue weighted by Gasteiger charge is 2.38. The number of carbonyl (C=O) groups excluding carboxylic acids is 3. The lowest BCUT2D eigenvalue weighted by molar-refractivity contribution is -0.174. The van der Waals surface area contributed by atoms with E-state index in [1.54, 1.807) is 36.4 Å². The quantitative estimate of drug-likeness (QED) is 0.773. The van der Waals surface area contributed by atoms with Gasteiger partial charge in [0.25, 0.3) is 11.8 Å². The maximum atomic E-state index is 12.1. The van der Waals surface area contributed by atoms with Crippen molar-refractivity contribution >= 4 is 17.8 Å². The van der Waals surface area contributed by atoms with E-state index in [2.05, 4.69) is 0 Å². The Labute approximate surface area is 142 Å². The Balaban J connectivity index is 1.52. The van der Waals surface area contributed by atoms with Crippen molar-refractivity contribution in [3.8, 4) is 6.07 Å². The van der Waals surface area contributed by atoms with Crippen LogP contribution in [0.25, 0.3) is 0 Å². The highest BCUT2D eigenvalue weighted by Crippen LogP contribution is 2.22. The molecule has 2 aromatic rings. The standard InChI is InChI=1S/C18H12N2O5/c19-9-12-5-7-13(8-6-12)10-24-11-16(21)25-20-17(22)14-3-1-2-4-15(14)18(20)23/h1-8H,10-11H2. The van der Waals surface area contributed by atoms with Crippen molar-refractivity contribution in [2.75, 3.05) is 6.61 Å². The van der Waals surface area contributed by atoms with Gasteiger partial charge in [-0.1, -0.05) is 29.3 Å². The van der Waals surface area contributed by atoms with Crippen molar-refractivity contribution in [1.29, 1.82) is 5.26 Å². The Morgan fingerprint density at radius 2 is 1.60 bits per heavy atom. The second-order valence-corrected chi connectivity index (χ2v) is 5.22. The fraction of sp³-hybridized carbons (Fsp3) is 0.111. The third kappa shape index (κ3) is 3.39. The maximum absolute atomic E-state index is 12.1. The summed E-state index contributed by atoms with van der Waals surface area (Å²) in [6.45, 7) is -0.295. The molecule has 0 saturated carbocycles. The first-order chi connectivity index (χ1) is 12.1. The van der Waals surface area contributed by atoms with Crippen molar-refractivity contribution in [2.45, 2.75) is 6.61 Å². The molecule has 0 saturated heterocycles. The van der Waals surface area contributed by atoms with Crippen LogP contribution in [0.1, 0.15) is 31.8 Å². The van der Waals surface area contributed by atoms with Crippen LogP contribution in [0.4, 0.5) is 0 Å². The van der Waals surface area contributed by atoms with Crippen molar-refractivity contribution in [2.24, 2.45) is 0 Å². The Hall–Kier alpha value is -3.50. The number of fused-ring (bicyclic) bond motifs is 1. The van der Waals surface area contributed by atoms with Crippen LogP contribution in [0, 0.1) is 11.3 Å². The summed E-state index contributed by atoms with van der Waals surface area (Å²) in [4.78, 5) is 40.7. The molecule has 0 aromatic heterocycles. The van der Waals surface area contributed by atoms with Gasteiger partial charge in [0.2, 0.25) is 0 Å². The zero-order valence-electron chi connectivity index (χ0n) is 13.0. The third-order valence-corrected chi connectivity index (χ3v) is 3.52. The molecule has 2 amide bonds. The number of hydrogen-bond donors (Lipinski definition) is 0. The van der Waals surface area contributed by atoms with E-state index in [-0.39, 0.29) is 17.7 Å². The van der Waals surface area contributed by atoms with Gasteiger partial charge in [0.1, 0.15) is 6.61 Å². The largest absolute Gasteiger partial charge is 0.365 e. The topological polar surface area (TPSA) is 96.7 Å². The Bertz CT molecular complexity index is 848. The minimum atomic E-state index is -0.858. The van der Waals surface area contributed by atoms with Crippen molar-refractivity contribution in [3.63, 3.8) is 0 Å². The lowest BCUT2D eigenvalue weighted by atomic mass is 10.1. The van der Waals surface area contributed by atoms with Crippen molar-refractivity contribution in [1.82, 2.24) is 5.06 Å². The molecule has 0 bridgehead atoms. The molecule has 1 heterocycles. The van der Waals surface area contributed by atoms with Crippen molar-refractivity contribution < 1.29 is 24.0 Å². The first-order valence-corrected chi connectivity index (χ1v) is 7.35. The van der Waals surface area contributed by atoms with E-state index in [1.807, 2.05) is 6.07 Å². The predicted octanol–water partition coefficient (Wildman–Crippen LogP) is 1.83. The molecule has 0 spiro atoms. The molecule has 2 aromatic carbocycles. The van der Waals surface area contributed by atoms with Gasteiger partial charge in [0.05, 0.1) is 29.4 Å². The first kappa shape index (κ1) is 16.4. The zero-order valence-corrected chi connectivity index (χ0v) is 13.0. The third-order valence-electron chi connectivity index (χ3n) is 3.52. The summed E-state index contributed by atoms with van der Waals surface area (Å²) in [5.74, 6) is -2.22. The minimum Gasteiger partial charge on any atom is -0.365 e. The highest BCUT2D eigenvalue weighted by atomic mass is 16.7. The van der Waals surface area contributed by atoms with Crippen LogP contribution >= 0.6 is 0 Å². The van der Waals surface area contributed by atoms with E-state index >= 15 is 0 Å². The second kappa shape index (κ2) is 6.95.